The number of hydrogen-bond acceptors (Lipinski definition) is 7. The van der Waals surface area contributed by atoms with Gasteiger partial charge in [-0.2, -0.15) is 4.98 Å². The van der Waals surface area contributed by atoms with Crippen molar-refractivity contribution in [1.82, 2.24) is 15.0 Å². The Labute approximate surface area is 139 Å². The van der Waals surface area contributed by atoms with Crippen LogP contribution in [0.2, 0.25) is 0 Å². The van der Waals surface area contributed by atoms with Crippen LogP contribution in [0.5, 0.6) is 5.88 Å². The number of hydrogen-bond donors (Lipinski definition) is 1. The van der Waals surface area contributed by atoms with E-state index in [2.05, 4.69) is 20.3 Å². The summed E-state index contributed by atoms with van der Waals surface area (Å²) in [6, 6.07) is 3.69. The van der Waals surface area contributed by atoms with E-state index in [1.54, 1.807) is 12.4 Å². The second-order valence-electron chi connectivity index (χ2n) is 5.73. The van der Waals surface area contributed by atoms with E-state index in [0.29, 0.717) is 6.54 Å². The minimum absolute atomic E-state index is 0.0153. The normalized spacial score (nSPS) is 15.0. The summed E-state index contributed by atoms with van der Waals surface area (Å²) in [6.07, 6.45) is 9.79. The molecule has 8 nitrogen and oxygen atoms in total. The fraction of sp³-hybridized carbons (Fsp3) is 0.438. The number of ether oxygens (including phenoxy) is 1. The highest BCUT2D eigenvalue weighted by molar-refractivity contribution is 5.61. The molecule has 1 saturated carbocycles. The van der Waals surface area contributed by atoms with E-state index in [4.69, 9.17) is 4.74 Å². The Bertz CT molecular complexity index is 689. The third-order valence-electron chi connectivity index (χ3n) is 3.98. The molecule has 1 aliphatic rings. The zero-order chi connectivity index (χ0) is 16.8. The monoisotopic (exact) mass is 329 g/mol. The summed E-state index contributed by atoms with van der Waals surface area (Å²) in [5.41, 5.74) is 0.687. The minimum Gasteiger partial charge on any atom is -0.469 e. The van der Waals surface area contributed by atoms with E-state index < -0.39 is 4.92 Å². The standard InChI is InChI=1S/C16H19N5O3/c22-21(23)14-15(18-10-12-5-4-8-17-9-12)19-11-20-16(14)24-13-6-2-1-3-7-13/h4-5,8-9,11,13H,1-3,6-7,10H2,(H,18,19,20). The largest absolute Gasteiger partial charge is 0.469 e. The van der Waals surface area contributed by atoms with Gasteiger partial charge in [0.2, 0.25) is 5.82 Å². The van der Waals surface area contributed by atoms with Crippen LogP contribution in [-0.2, 0) is 6.54 Å². The second kappa shape index (κ2) is 7.67. The van der Waals surface area contributed by atoms with Gasteiger partial charge in [-0.25, -0.2) is 4.98 Å². The van der Waals surface area contributed by atoms with Crippen LogP contribution in [0.25, 0.3) is 0 Å². The average Bonchev–Trinajstić information content (AvgIpc) is 2.61. The lowest BCUT2D eigenvalue weighted by atomic mass is 9.98. The summed E-state index contributed by atoms with van der Waals surface area (Å²) >= 11 is 0. The van der Waals surface area contributed by atoms with Gasteiger partial charge in [-0.3, -0.25) is 15.1 Å². The topological polar surface area (TPSA) is 103 Å². The molecule has 0 atom stereocenters. The van der Waals surface area contributed by atoms with Crippen molar-refractivity contribution in [1.29, 1.82) is 0 Å². The fourth-order valence-corrected chi connectivity index (χ4v) is 2.77. The number of nitrogens with one attached hydrogen (secondary N) is 1. The van der Waals surface area contributed by atoms with Crippen LogP contribution in [0.4, 0.5) is 11.5 Å². The molecule has 0 spiro atoms. The molecule has 0 bridgehead atoms. The van der Waals surface area contributed by atoms with Crippen molar-refractivity contribution >= 4 is 11.5 Å². The predicted molar refractivity (Wildman–Crippen MR) is 87.8 cm³/mol. The van der Waals surface area contributed by atoms with Gasteiger partial charge in [0, 0.05) is 18.9 Å². The van der Waals surface area contributed by atoms with Gasteiger partial charge in [-0.1, -0.05) is 12.5 Å². The highest BCUT2D eigenvalue weighted by Gasteiger charge is 2.27. The van der Waals surface area contributed by atoms with Crippen LogP contribution in [-0.4, -0.2) is 26.0 Å². The molecule has 0 aliphatic heterocycles. The number of nitro groups is 1. The maximum atomic E-state index is 11.5. The Morgan fingerprint density at radius 2 is 2.12 bits per heavy atom. The molecular weight excluding hydrogens is 310 g/mol. The SMILES string of the molecule is O=[N+]([O-])c1c(NCc2cccnc2)ncnc1OC1CCCCC1. The van der Waals surface area contributed by atoms with E-state index in [0.717, 1.165) is 31.2 Å². The molecule has 1 fully saturated rings. The van der Waals surface area contributed by atoms with E-state index in [9.17, 15) is 10.1 Å². The molecule has 0 amide bonds. The van der Waals surface area contributed by atoms with E-state index in [-0.39, 0.29) is 23.5 Å². The second-order valence-corrected chi connectivity index (χ2v) is 5.73. The van der Waals surface area contributed by atoms with Gasteiger partial charge < -0.3 is 10.1 Å². The molecule has 2 aromatic rings. The van der Waals surface area contributed by atoms with Gasteiger partial charge in [0.05, 0.1) is 4.92 Å². The zero-order valence-electron chi connectivity index (χ0n) is 13.2. The smallest absolute Gasteiger partial charge is 0.372 e. The maximum Gasteiger partial charge on any atom is 0.372 e. The first-order chi connectivity index (χ1) is 11.7. The van der Waals surface area contributed by atoms with E-state index in [1.165, 1.54) is 12.7 Å². The van der Waals surface area contributed by atoms with Crippen molar-refractivity contribution in [3.8, 4) is 5.88 Å². The van der Waals surface area contributed by atoms with Crippen LogP contribution in [0.1, 0.15) is 37.7 Å². The summed E-state index contributed by atoms with van der Waals surface area (Å²) in [7, 11) is 0. The first-order valence-corrected chi connectivity index (χ1v) is 8.03. The van der Waals surface area contributed by atoms with Crippen molar-refractivity contribution < 1.29 is 9.66 Å². The van der Waals surface area contributed by atoms with Crippen molar-refractivity contribution in [2.24, 2.45) is 0 Å². The number of anilines is 1. The Kier molecular flexibility index (Phi) is 5.15. The first-order valence-electron chi connectivity index (χ1n) is 8.03. The zero-order valence-corrected chi connectivity index (χ0v) is 13.2. The van der Waals surface area contributed by atoms with Crippen LogP contribution in [0.3, 0.4) is 0 Å². The summed E-state index contributed by atoms with van der Waals surface area (Å²) < 4.78 is 5.80. The third kappa shape index (κ3) is 3.95. The Hall–Kier alpha value is -2.77. The summed E-state index contributed by atoms with van der Waals surface area (Å²) in [4.78, 5) is 23.0. The lowest BCUT2D eigenvalue weighted by Crippen LogP contribution is -2.21. The molecule has 24 heavy (non-hydrogen) atoms. The summed E-state index contributed by atoms with van der Waals surface area (Å²) in [6.45, 7) is 0.383. The Morgan fingerprint density at radius 3 is 2.83 bits per heavy atom. The molecule has 0 radical (unpaired) electrons. The molecule has 2 heterocycles. The van der Waals surface area contributed by atoms with Crippen LogP contribution in [0, 0.1) is 10.1 Å². The number of nitrogens with zero attached hydrogens (tertiary/aromatic N) is 4. The van der Waals surface area contributed by atoms with Gasteiger partial charge in [-0.05, 0) is 37.3 Å². The van der Waals surface area contributed by atoms with Gasteiger partial charge >= 0.3 is 5.69 Å². The fourth-order valence-electron chi connectivity index (χ4n) is 2.77. The van der Waals surface area contributed by atoms with Crippen molar-refractivity contribution in [2.75, 3.05) is 5.32 Å². The van der Waals surface area contributed by atoms with Crippen molar-refractivity contribution in [3.63, 3.8) is 0 Å². The lowest BCUT2D eigenvalue weighted by Gasteiger charge is -2.22. The number of rotatable bonds is 6. The highest BCUT2D eigenvalue weighted by Crippen LogP contribution is 2.33. The molecule has 8 heteroatoms. The van der Waals surface area contributed by atoms with Gasteiger partial charge in [0.15, 0.2) is 0 Å². The van der Waals surface area contributed by atoms with Crippen LogP contribution < -0.4 is 10.1 Å². The maximum absolute atomic E-state index is 11.5. The Morgan fingerprint density at radius 1 is 1.29 bits per heavy atom. The van der Waals surface area contributed by atoms with Gasteiger partial charge in [-0.15, -0.1) is 0 Å². The molecule has 1 N–H and O–H groups in total. The van der Waals surface area contributed by atoms with Crippen molar-refractivity contribution in [2.45, 2.75) is 44.8 Å². The summed E-state index contributed by atoms with van der Waals surface area (Å²) in [5.74, 6) is 0.195. The first kappa shape index (κ1) is 16.1. The minimum atomic E-state index is -0.496. The van der Waals surface area contributed by atoms with Gasteiger partial charge in [0.25, 0.3) is 5.88 Å². The average molecular weight is 329 g/mol. The molecular formula is C16H19N5O3. The highest BCUT2D eigenvalue weighted by atomic mass is 16.6. The van der Waals surface area contributed by atoms with Crippen molar-refractivity contribution in [3.05, 3.63) is 46.5 Å². The third-order valence-corrected chi connectivity index (χ3v) is 3.98. The molecule has 0 unspecified atom stereocenters. The Balaban J connectivity index is 1.78. The summed E-state index contributed by atoms with van der Waals surface area (Å²) in [5, 5.41) is 14.5. The van der Waals surface area contributed by atoms with E-state index in [1.807, 2.05) is 12.1 Å². The molecule has 126 valence electrons. The lowest BCUT2D eigenvalue weighted by molar-refractivity contribution is -0.385. The van der Waals surface area contributed by atoms with Crippen LogP contribution >= 0.6 is 0 Å². The van der Waals surface area contributed by atoms with Crippen LogP contribution in [0.15, 0.2) is 30.9 Å². The molecule has 0 aromatic carbocycles. The molecule has 1 aliphatic carbocycles. The quantitative estimate of drug-likeness (QED) is 0.641. The van der Waals surface area contributed by atoms with Gasteiger partial charge in [0.1, 0.15) is 12.4 Å². The molecule has 3 rings (SSSR count). The predicted octanol–water partition coefficient (Wildman–Crippen LogP) is 3.10. The van der Waals surface area contributed by atoms with E-state index >= 15 is 0 Å². The molecule has 2 aromatic heterocycles. The number of aromatic nitrogens is 3. The number of pyridine rings is 1. The molecule has 0 saturated heterocycles.